The summed E-state index contributed by atoms with van der Waals surface area (Å²) in [6.45, 7) is 5.56. The highest BCUT2D eigenvalue weighted by molar-refractivity contribution is 5.68. The van der Waals surface area contributed by atoms with Gasteiger partial charge in [0.1, 0.15) is 0 Å². The van der Waals surface area contributed by atoms with Crippen LogP contribution < -0.4 is 0 Å². The minimum atomic E-state index is -0.179. The van der Waals surface area contributed by atoms with Gasteiger partial charge in [0.2, 0.25) is 0 Å². The van der Waals surface area contributed by atoms with Crippen LogP contribution in [-0.2, 0) is 4.74 Å². The molecule has 0 radical (unpaired) electrons. The quantitative estimate of drug-likeness (QED) is 0.806. The lowest BCUT2D eigenvalue weighted by atomic mass is 9.99. The molecule has 0 saturated carbocycles. The van der Waals surface area contributed by atoms with E-state index in [1.54, 1.807) is 0 Å². The van der Waals surface area contributed by atoms with Gasteiger partial charge in [0, 0.05) is 19.2 Å². The average molecular weight is 243 g/mol. The van der Waals surface area contributed by atoms with Gasteiger partial charge in [0.25, 0.3) is 0 Å². The maximum Gasteiger partial charge on any atom is 0.410 e. The Morgan fingerprint density at radius 1 is 1.47 bits per heavy atom. The average Bonchev–Trinajstić information content (AvgIpc) is 2.33. The van der Waals surface area contributed by atoms with Crippen LogP contribution in [0.3, 0.4) is 0 Å². The predicted molar refractivity (Wildman–Crippen MR) is 66.9 cm³/mol. The van der Waals surface area contributed by atoms with E-state index < -0.39 is 0 Å². The van der Waals surface area contributed by atoms with E-state index in [9.17, 15) is 4.79 Å². The molecule has 0 aromatic rings. The zero-order valence-electron chi connectivity index (χ0n) is 11.0. The number of amides is 1. The Balaban J connectivity index is 2.42. The van der Waals surface area contributed by atoms with Gasteiger partial charge in [0.15, 0.2) is 0 Å². The number of ether oxygens (including phenoxy) is 1. The van der Waals surface area contributed by atoms with Gasteiger partial charge in [-0.3, -0.25) is 0 Å². The number of piperidine rings is 1. The van der Waals surface area contributed by atoms with E-state index in [4.69, 9.17) is 9.84 Å². The smallest absolute Gasteiger partial charge is 0.410 e. The Hall–Kier alpha value is -0.770. The number of hydrogen-bond acceptors (Lipinski definition) is 3. The Morgan fingerprint density at radius 3 is 2.88 bits per heavy atom. The molecule has 1 fully saturated rings. The van der Waals surface area contributed by atoms with Crippen molar-refractivity contribution >= 4 is 6.09 Å². The van der Waals surface area contributed by atoms with Crippen LogP contribution in [0.5, 0.6) is 0 Å². The first kappa shape index (κ1) is 14.3. The van der Waals surface area contributed by atoms with Gasteiger partial charge in [-0.2, -0.15) is 0 Å². The van der Waals surface area contributed by atoms with Gasteiger partial charge in [-0.15, -0.1) is 0 Å². The highest BCUT2D eigenvalue weighted by atomic mass is 16.6. The van der Waals surface area contributed by atoms with Crippen molar-refractivity contribution in [3.05, 3.63) is 0 Å². The summed E-state index contributed by atoms with van der Waals surface area (Å²) in [5.41, 5.74) is 0. The fraction of sp³-hybridized carbons (Fsp3) is 0.923. The van der Waals surface area contributed by atoms with Crippen LogP contribution in [0.15, 0.2) is 0 Å². The van der Waals surface area contributed by atoms with Crippen molar-refractivity contribution in [3.63, 3.8) is 0 Å². The molecule has 0 aromatic carbocycles. The molecule has 1 heterocycles. The number of hydrogen-bond donors (Lipinski definition) is 1. The molecule has 1 aliphatic heterocycles. The molecule has 1 saturated heterocycles. The van der Waals surface area contributed by atoms with Crippen LogP contribution in [0.25, 0.3) is 0 Å². The molecule has 1 unspecified atom stereocenters. The molecule has 0 spiro atoms. The minimum Gasteiger partial charge on any atom is -0.449 e. The van der Waals surface area contributed by atoms with Crippen LogP contribution in [-0.4, -0.2) is 41.9 Å². The molecule has 1 rings (SSSR count). The monoisotopic (exact) mass is 243 g/mol. The van der Waals surface area contributed by atoms with Crippen molar-refractivity contribution in [3.8, 4) is 0 Å². The third-order valence-corrected chi connectivity index (χ3v) is 3.10. The standard InChI is InChI=1S/C13H25NO3/c1-11(2)10-17-13(16)14-8-4-3-6-12(14)7-5-9-15/h11-12,15H,3-10H2,1-2H3. The van der Waals surface area contributed by atoms with Crippen molar-refractivity contribution in [2.75, 3.05) is 19.8 Å². The lowest BCUT2D eigenvalue weighted by molar-refractivity contribution is 0.0616. The van der Waals surface area contributed by atoms with E-state index in [0.29, 0.717) is 12.5 Å². The van der Waals surface area contributed by atoms with Crippen LogP contribution in [0.2, 0.25) is 0 Å². The number of rotatable bonds is 5. The second kappa shape index (κ2) is 7.54. The van der Waals surface area contributed by atoms with E-state index in [1.165, 1.54) is 6.42 Å². The summed E-state index contributed by atoms with van der Waals surface area (Å²) < 4.78 is 5.28. The molecular formula is C13H25NO3. The predicted octanol–water partition coefficient (Wildman–Crippen LogP) is 2.41. The molecule has 1 amide bonds. The first-order valence-electron chi connectivity index (χ1n) is 6.69. The second-order valence-electron chi connectivity index (χ2n) is 5.18. The summed E-state index contributed by atoms with van der Waals surface area (Å²) in [4.78, 5) is 13.8. The van der Waals surface area contributed by atoms with Crippen molar-refractivity contribution in [1.82, 2.24) is 4.90 Å². The first-order valence-corrected chi connectivity index (χ1v) is 6.69. The van der Waals surface area contributed by atoms with Crippen molar-refractivity contribution in [2.24, 2.45) is 5.92 Å². The second-order valence-corrected chi connectivity index (χ2v) is 5.18. The lowest BCUT2D eigenvalue weighted by Crippen LogP contribution is -2.44. The number of nitrogens with zero attached hydrogens (tertiary/aromatic N) is 1. The number of carbonyl (C=O) groups is 1. The number of aliphatic hydroxyl groups is 1. The molecule has 100 valence electrons. The Bertz CT molecular complexity index is 231. The maximum atomic E-state index is 11.9. The summed E-state index contributed by atoms with van der Waals surface area (Å²) in [5.74, 6) is 0.375. The topological polar surface area (TPSA) is 49.8 Å². The maximum absolute atomic E-state index is 11.9. The number of carbonyl (C=O) groups excluding carboxylic acids is 1. The number of aliphatic hydroxyl groups excluding tert-OH is 1. The van der Waals surface area contributed by atoms with Crippen LogP contribution >= 0.6 is 0 Å². The Morgan fingerprint density at radius 2 is 2.24 bits per heavy atom. The largest absolute Gasteiger partial charge is 0.449 e. The minimum absolute atomic E-state index is 0.179. The van der Waals surface area contributed by atoms with Crippen LogP contribution in [0.4, 0.5) is 4.79 Å². The highest BCUT2D eigenvalue weighted by Gasteiger charge is 2.27. The Labute approximate surface area is 104 Å². The molecule has 4 heteroatoms. The fourth-order valence-electron chi connectivity index (χ4n) is 2.19. The van der Waals surface area contributed by atoms with E-state index >= 15 is 0 Å². The summed E-state index contributed by atoms with van der Waals surface area (Å²) in [6, 6.07) is 0.260. The summed E-state index contributed by atoms with van der Waals surface area (Å²) in [7, 11) is 0. The Kier molecular flexibility index (Phi) is 6.34. The van der Waals surface area contributed by atoms with Crippen molar-refractivity contribution in [1.29, 1.82) is 0 Å². The normalized spacial score (nSPS) is 20.7. The van der Waals surface area contributed by atoms with Crippen molar-refractivity contribution in [2.45, 2.75) is 52.0 Å². The molecule has 1 atom stereocenters. The van der Waals surface area contributed by atoms with Crippen molar-refractivity contribution < 1.29 is 14.6 Å². The molecule has 4 nitrogen and oxygen atoms in total. The van der Waals surface area contributed by atoms with E-state index in [0.717, 1.165) is 32.2 Å². The third kappa shape index (κ3) is 4.94. The lowest BCUT2D eigenvalue weighted by Gasteiger charge is -2.35. The molecule has 1 N–H and O–H groups in total. The van der Waals surface area contributed by atoms with Gasteiger partial charge < -0.3 is 14.7 Å². The summed E-state index contributed by atoms with van der Waals surface area (Å²) in [5, 5.41) is 8.86. The molecule has 0 aliphatic carbocycles. The van der Waals surface area contributed by atoms with Gasteiger partial charge in [-0.05, 0) is 38.0 Å². The fourth-order valence-corrected chi connectivity index (χ4v) is 2.19. The van der Waals surface area contributed by atoms with Gasteiger partial charge in [0.05, 0.1) is 6.61 Å². The molecule has 1 aliphatic rings. The zero-order chi connectivity index (χ0) is 12.7. The molecule has 0 aromatic heterocycles. The van der Waals surface area contributed by atoms with Crippen LogP contribution in [0.1, 0.15) is 46.0 Å². The number of likely N-dealkylation sites (tertiary alicyclic amines) is 1. The van der Waals surface area contributed by atoms with E-state index in [2.05, 4.69) is 0 Å². The molecule has 0 bridgehead atoms. The molecular weight excluding hydrogens is 218 g/mol. The zero-order valence-corrected chi connectivity index (χ0v) is 11.0. The van der Waals surface area contributed by atoms with E-state index in [1.807, 2.05) is 18.7 Å². The summed E-state index contributed by atoms with van der Waals surface area (Å²) >= 11 is 0. The van der Waals surface area contributed by atoms with Crippen LogP contribution in [0, 0.1) is 5.92 Å². The SMILES string of the molecule is CC(C)COC(=O)N1CCCCC1CCCO. The van der Waals surface area contributed by atoms with Gasteiger partial charge >= 0.3 is 6.09 Å². The van der Waals surface area contributed by atoms with Gasteiger partial charge in [-0.1, -0.05) is 13.8 Å². The third-order valence-electron chi connectivity index (χ3n) is 3.10. The van der Waals surface area contributed by atoms with Gasteiger partial charge in [-0.25, -0.2) is 4.79 Å². The summed E-state index contributed by atoms with van der Waals surface area (Å²) in [6.07, 6.45) is 4.74. The molecule has 17 heavy (non-hydrogen) atoms. The highest BCUT2D eigenvalue weighted by Crippen LogP contribution is 2.21. The first-order chi connectivity index (χ1) is 8.15. The van der Waals surface area contributed by atoms with E-state index in [-0.39, 0.29) is 18.7 Å².